The fourth-order valence-corrected chi connectivity index (χ4v) is 5.47. The number of carbonyl (C=O) groups is 2. The van der Waals surface area contributed by atoms with Crippen LogP contribution in [0, 0.1) is 0 Å². The molecule has 1 spiro atoms. The largest absolute Gasteiger partial charge is 0.493 e. The zero-order valence-electron chi connectivity index (χ0n) is 20.1. The number of amides is 2. The van der Waals surface area contributed by atoms with Crippen molar-refractivity contribution in [3.8, 4) is 17.0 Å². The van der Waals surface area contributed by atoms with Crippen LogP contribution in [0.15, 0.2) is 58.8 Å². The number of anilines is 1. The van der Waals surface area contributed by atoms with Crippen LogP contribution in [0.5, 0.6) is 5.75 Å². The van der Waals surface area contributed by atoms with E-state index < -0.39 is 0 Å². The minimum Gasteiger partial charge on any atom is -0.493 e. The van der Waals surface area contributed by atoms with Gasteiger partial charge in [0.05, 0.1) is 32.1 Å². The van der Waals surface area contributed by atoms with Crippen LogP contribution in [0.3, 0.4) is 0 Å². The highest BCUT2D eigenvalue weighted by Crippen LogP contribution is 2.44. The summed E-state index contributed by atoms with van der Waals surface area (Å²) in [5.74, 6) is 0.0680. The molecule has 2 aliphatic heterocycles. The molecule has 0 radical (unpaired) electrons. The lowest BCUT2D eigenvalue weighted by Gasteiger charge is -2.45. The lowest BCUT2D eigenvalue weighted by molar-refractivity contribution is -0.115. The van der Waals surface area contributed by atoms with Gasteiger partial charge in [0, 0.05) is 46.1 Å². The standard InChI is InChI=1S/C27H24N4O5S/c1-31-8-6-16-2-3-17(10-19(16)25(31)34)21-13-37-26(29-21)30-23(32)12-28-24(33)18-4-5-22-20(11-18)27(7-9-36-22)14-35-15-27/h2-6,8,10-11,13H,7,9,12,14-15H2,1H3,(H,28,33)(H,29,30,32). The van der Waals surface area contributed by atoms with Gasteiger partial charge in [0.1, 0.15) is 5.75 Å². The van der Waals surface area contributed by atoms with Crippen molar-refractivity contribution in [3.63, 3.8) is 0 Å². The van der Waals surface area contributed by atoms with E-state index in [1.165, 1.54) is 15.9 Å². The number of thiazole rings is 1. The normalized spacial score (nSPS) is 15.5. The maximum absolute atomic E-state index is 12.7. The summed E-state index contributed by atoms with van der Waals surface area (Å²) in [6.07, 6.45) is 2.60. The van der Waals surface area contributed by atoms with E-state index in [4.69, 9.17) is 9.47 Å². The van der Waals surface area contributed by atoms with Crippen molar-refractivity contribution in [1.29, 1.82) is 0 Å². The molecule has 1 fully saturated rings. The zero-order chi connectivity index (χ0) is 25.6. The Kier molecular flexibility index (Phi) is 5.77. The molecule has 37 heavy (non-hydrogen) atoms. The summed E-state index contributed by atoms with van der Waals surface area (Å²) in [5.41, 5.74) is 2.74. The molecule has 0 bridgehead atoms. The summed E-state index contributed by atoms with van der Waals surface area (Å²) >= 11 is 1.28. The van der Waals surface area contributed by atoms with Gasteiger partial charge >= 0.3 is 0 Å². The first-order chi connectivity index (χ1) is 17.9. The molecule has 0 atom stereocenters. The van der Waals surface area contributed by atoms with Gasteiger partial charge in [-0.3, -0.25) is 14.4 Å². The summed E-state index contributed by atoms with van der Waals surface area (Å²) in [6.45, 7) is 1.70. The maximum Gasteiger partial charge on any atom is 0.258 e. The predicted octanol–water partition coefficient (Wildman–Crippen LogP) is 3.08. The van der Waals surface area contributed by atoms with Gasteiger partial charge in [-0.1, -0.05) is 12.1 Å². The Balaban J connectivity index is 1.10. The third kappa shape index (κ3) is 4.28. The number of pyridine rings is 1. The van der Waals surface area contributed by atoms with Crippen molar-refractivity contribution in [2.45, 2.75) is 11.8 Å². The van der Waals surface area contributed by atoms with Crippen LogP contribution in [0.1, 0.15) is 22.3 Å². The van der Waals surface area contributed by atoms with Crippen molar-refractivity contribution in [1.82, 2.24) is 14.9 Å². The number of ether oxygens (including phenoxy) is 2. The van der Waals surface area contributed by atoms with Crippen molar-refractivity contribution < 1.29 is 19.1 Å². The molecule has 2 N–H and O–H groups in total. The zero-order valence-corrected chi connectivity index (χ0v) is 20.9. The molecule has 2 aromatic carbocycles. The average molecular weight is 517 g/mol. The first-order valence-corrected chi connectivity index (χ1v) is 12.8. The number of aryl methyl sites for hydroxylation is 1. The highest BCUT2D eigenvalue weighted by atomic mass is 32.1. The molecular formula is C27H24N4O5S. The van der Waals surface area contributed by atoms with Crippen molar-refractivity contribution in [2.75, 3.05) is 31.7 Å². The van der Waals surface area contributed by atoms with Gasteiger partial charge in [-0.2, -0.15) is 0 Å². The first-order valence-electron chi connectivity index (χ1n) is 11.9. The van der Waals surface area contributed by atoms with E-state index in [0.29, 0.717) is 41.6 Å². The minimum absolute atomic E-state index is 0.0816. The van der Waals surface area contributed by atoms with Gasteiger partial charge in [0.15, 0.2) is 5.13 Å². The van der Waals surface area contributed by atoms with Gasteiger partial charge < -0.3 is 24.7 Å². The van der Waals surface area contributed by atoms with Crippen LogP contribution in [0.4, 0.5) is 5.13 Å². The van der Waals surface area contributed by atoms with Crippen molar-refractivity contribution in [2.24, 2.45) is 7.05 Å². The smallest absolute Gasteiger partial charge is 0.258 e. The van der Waals surface area contributed by atoms with E-state index in [1.807, 2.05) is 41.8 Å². The van der Waals surface area contributed by atoms with Gasteiger partial charge in [0.25, 0.3) is 11.5 Å². The van der Waals surface area contributed by atoms with Crippen LogP contribution in [0.2, 0.25) is 0 Å². The molecule has 1 saturated heterocycles. The minimum atomic E-state index is -0.383. The van der Waals surface area contributed by atoms with Gasteiger partial charge in [-0.15, -0.1) is 11.3 Å². The average Bonchev–Trinajstić information content (AvgIpc) is 3.36. The van der Waals surface area contributed by atoms with E-state index in [-0.39, 0.29) is 29.3 Å². The molecule has 6 rings (SSSR count). The van der Waals surface area contributed by atoms with Crippen molar-refractivity contribution in [3.05, 3.63) is 75.5 Å². The van der Waals surface area contributed by atoms with Crippen molar-refractivity contribution >= 4 is 39.1 Å². The number of nitrogens with one attached hydrogen (secondary N) is 2. The van der Waals surface area contributed by atoms with Crippen LogP contribution in [-0.4, -0.2) is 47.7 Å². The Morgan fingerprint density at radius 2 is 2.03 bits per heavy atom. The highest BCUT2D eigenvalue weighted by molar-refractivity contribution is 7.14. The number of benzene rings is 2. The fraction of sp³-hybridized carbons (Fsp3) is 0.259. The summed E-state index contributed by atoms with van der Waals surface area (Å²) in [6, 6.07) is 12.8. The maximum atomic E-state index is 12.7. The molecule has 0 aliphatic carbocycles. The van der Waals surface area contributed by atoms with Gasteiger partial charge in [-0.25, -0.2) is 4.98 Å². The van der Waals surface area contributed by atoms with Crippen LogP contribution in [0.25, 0.3) is 22.0 Å². The molecule has 2 aromatic heterocycles. The lowest BCUT2D eigenvalue weighted by Crippen LogP contribution is -2.49. The first kappa shape index (κ1) is 23.4. The lowest BCUT2D eigenvalue weighted by atomic mass is 9.74. The summed E-state index contributed by atoms with van der Waals surface area (Å²) < 4.78 is 12.7. The molecule has 0 saturated carbocycles. The number of fused-ring (bicyclic) bond motifs is 3. The Morgan fingerprint density at radius 3 is 2.84 bits per heavy atom. The van der Waals surface area contributed by atoms with E-state index in [0.717, 1.165) is 28.7 Å². The molecule has 2 amide bonds. The van der Waals surface area contributed by atoms with Crippen LogP contribution in [-0.2, 0) is 22.0 Å². The number of rotatable bonds is 5. The summed E-state index contributed by atoms with van der Waals surface area (Å²) in [4.78, 5) is 42.2. The topological polar surface area (TPSA) is 112 Å². The quantitative estimate of drug-likeness (QED) is 0.422. The molecule has 2 aliphatic rings. The number of carbonyl (C=O) groups excluding carboxylic acids is 2. The number of nitrogens with zero attached hydrogens (tertiary/aromatic N) is 2. The summed E-state index contributed by atoms with van der Waals surface area (Å²) in [7, 11) is 1.71. The predicted molar refractivity (Wildman–Crippen MR) is 140 cm³/mol. The Bertz CT molecular complexity index is 1600. The second-order valence-corrected chi connectivity index (χ2v) is 10.2. The molecule has 188 valence electrons. The van der Waals surface area contributed by atoms with Crippen LogP contribution >= 0.6 is 11.3 Å². The Labute approximate surface area is 216 Å². The van der Waals surface area contributed by atoms with E-state index in [1.54, 1.807) is 19.3 Å². The van der Waals surface area contributed by atoms with E-state index >= 15 is 0 Å². The molecular weight excluding hydrogens is 492 g/mol. The van der Waals surface area contributed by atoms with Crippen LogP contribution < -0.4 is 20.9 Å². The second kappa shape index (κ2) is 9.13. The molecule has 9 nitrogen and oxygen atoms in total. The molecule has 4 aromatic rings. The highest BCUT2D eigenvalue weighted by Gasteiger charge is 2.44. The SMILES string of the molecule is Cn1ccc2ccc(-c3csc(NC(=O)CNC(=O)c4ccc5c(c4)C4(CCO5)COC4)n3)cc2c1=O. The van der Waals surface area contributed by atoms with Gasteiger partial charge in [0.2, 0.25) is 5.91 Å². The Hall–Kier alpha value is -4.02. The summed E-state index contributed by atoms with van der Waals surface area (Å²) in [5, 5.41) is 9.09. The Morgan fingerprint density at radius 1 is 1.16 bits per heavy atom. The number of aromatic nitrogens is 2. The fourth-order valence-electron chi connectivity index (χ4n) is 4.74. The molecule has 4 heterocycles. The number of hydrogen-bond donors (Lipinski definition) is 2. The molecule has 10 heteroatoms. The van der Waals surface area contributed by atoms with E-state index in [2.05, 4.69) is 15.6 Å². The van der Waals surface area contributed by atoms with Gasteiger partial charge in [-0.05, 0) is 42.1 Å². The third-order valence-electron chi connectivity index (χ3n) is 6.95. The van der Waals surface area contributed by atoms with E-state index in [9.17, 15) is 14.4 Å². The second-order valence-electron chi connectivity index (χ2n) is 9.39. The third-order valence-corrected chi connectivity index (χ3v) is 7.70. The number of hydrogen-bond acceptors (Lipinski definition) is 7. The monoisotopic (exact) mass is 516 g/mol. The molecule has 0 unspecified atom stereocenters.